The van der Waals surface area contributed by atoms with Crippen LogP contribution < -0.4 is 4.57 Å². The number of unbranched alkanes of at least 4 members (excludes halogenated alkanes) is 20. The van der Waals surface area contributed by atoms with Gasteiger partial charge in [0.1, 0.15) is 18.9 Å². The summed E-state index contributed by atoms with van der Waals surface area (Å²) in [5, 5.41) is 0. The van der Waals surface area contributed by atoms with E-state index >= 15 is 0 Å². The molecule has 1 heterocycles. The first kappa shape index (κ1) is 32.6. The Kier molecular flexibility index (Phi) is 20.0. The van der Waals surface area contributed by atoms with Crippen molar-refractivity contribution >= 4 is 0 Å². The van der Waals surface area contributed by atoms with Crippen molar-refractivity contribution < 1.29 is 4.57 Å². The fourth-order valence-electron chi connectivity index (χ4n) is 5.81. The quantitative estimate of drug-likeness (QED) is 0.0856. The molecule has 0 unspecified atom stereocenters. The van der Waals surface area contributed by atoms with Crippen molar-refractivity contribution in [3.8, 4) is 0 Å². The normalized spacial score (nSPS) is 11.4. The zero-order chi connectivity index (χ0) is 26.9. The number of aromatic nitrogens is 2. The van der Waals surface area contributed by atoms with Crippen molar-refractivity contribution in [3.63, 3.8) is 0 Å². The smallest absolute Gasteiger partial charge is 0.234 e. The van der Waals surface area contributed by atoms with Gasteiger partial charge in [-0.25, -0.2) is 9.13 Å². The molecule has 0 saturated heterocycles. The van der Waals surface area contributed by atoms with E-state index in [0.29, 0.717) is 0 Å². The Morgan fingerprint density at radius 1 is 0.526 bits per heavy atom. The number of benzene rings is 1. The molecule has 0 atom stereocenters. The van der Waals surface area contributed by atoms with Crippen molar-refractivity contribution in [1.82, 2.24) is 4.57 Å². The third-order valence-electron chi connectivity index (χ3n) is 8.29. The van der Waals surface area contributed by atoms with Crippen molar-refractivity contribution in [3.05, 3.63) is 54.1 Å². The Morgan fingerprint density at radius 2 is 0.974 bits per heavy atom. The molecule has 0 saturated carbocycles. The van der Waals surface area contributed by atoms with Crippen LogP contribution in [0.3, 0.4) is 0 Å². The minimum absolute atomic E-state index is 0.999. The zero-order valence-corrected chi connectivity index (χ0v) is 25.6. The molecule has 0 aliphatic rings. The summed E-state index contributed by atoms with van der Waals surface area (Å²) in [5.74, 6) is 1.53. The summed E-state index contributed by atoms with van der Waals surface area (Å²) in [6.07, 6.45) is 37.0. The molecule has 0 amide bonds. The van der Waals surface area contributed by atoms with Crippen molar-refractivity contribution in [2.75, 3.05) is 0 Å². The van der Waals surface area contributed by atoms with Gasteiger partial charge in [-0.2, -0.15) is 0 Å². The Labute approximate surface area is 237 Å². The average molecular weight is 524 g/mol. The molecule has 0 radical (unpaired) electrons. The van der Waals surface area contributed by atoms with Gasteiger partial charge in [0.15, 0.2) is 0 Å². The van der Waals surface area contributed by atoms with E-state index in [1.165, 1.54) is 166 Å². The Bertz CT molecular complexity index is 763. The first-order chi connectivity index (χ1) is 18.8. The topological polar surface area (TPSA) is 8.81 Å². The SMILES string of the molecule is CCCCCCCCCCCCCCCCCn1cc[n+](Cc2ccccc2)c1CCCCCCCCC. The van der Waals surface area contributed by atoms with Crippen LogP contribution in [0.1, 0.15) is 166 Å². The summed E-state index contributed by atoms with van der Waals surface area (Å²) in [5.41, 5.74) is 1.41. The monoisotopic (exact) mass is 523 g/mol. The lowest BCUT2D eigenvalue weighted by Gasteiger charge is -2.07. The zero-order valence-electron chi connectivity index (χ0n) is 25.6. The van der Waals surface area contributed by atoms with E-state index in [4.69, 9.17) is 0 Å². The van der Waals surface area contributed by atoms with Gasteiger partial charge in [0.25, 0.3) is 5.82 Å². The number of hydrogen-bond donors (Lipinski definition) is 0. The number of aryl methyl sites for hydroxylation is 1. The minimum Gasteiger partial charge on any atom is -0.234 e. The molecule has 0 aliphatic heterocycles. The van der Waals surface area contributed by atoms with Crippen LogP contribution in [0, 0.1) is 0 Å². The van der Waals surface area contributed by atoms with Crippen molar-refractivity contribution in [1.29, 1.82) is 0 Å². The molecular weight excluding hydrogens is 460 g/mol. The van der Waals surface area contributed by atoms with Crippen LogP contribution in [0.4, 0.5) is 0 Å². The van der Waals surface area contributed by atoms with E-state index in [1.54, 1.807) is 0 Å². The van der Waals surface area contributed by atoms with Crippen molar-refractivity contribution in [2.24, 2.45) is 0 Å². The van der Waals surface area contributed by atoms with Crippen LogP contribution >= 0.6 is 0 Å². The minimum atomic E-state index is 0.999. The van der Waals surface area contributed by atoms with E-state index in [2.05, 4.69) is 65.7 Å². The fraction of sp³-hybridized carbons (Fsp3) is 0.750. The second kappa shape index (κ2) is 23.3. The van der Waals surface area contributed by atoms with E-state index in [-0.39, 0.29) is 0 Å². The molecule has 1 aromatic heterocycles. The van der Waals surface area contributed by atoms with Crippen LogP contribution in [0.15, 0.2) is 42.7 Å². The van der Waals surface area contributed by atoms with Gasteiger partial charge in [0, 0.05) is 6.42 Å². The highest BCUT2D eigenvalue weighted by atomic mass is 15.1. The maximum Gasteiger partial charge on any atom is 0.256 e. The average Bonchev–Trinajstić information content (AvgIpc) is 3.31. The standard InChI is InChI=1S/C36H63N2/c1-3-5-7-9-11-12-13-14-15-16-17-18-20-22-27-31-37-32-33-38(34-35-28-24-23-25-29-35)36(37)30-26-21-19-10-8-6-4-2/h23-25,28-29,32-33H,3-22,26-27,30-31,34H2,1-2H3/q+1. The van der Waals surface area contributed by atoms with Crippen LogP contribution in [-0.2, 0) is 19.5 Å². The highest BCUT2D eigenvalue weighted by Crippen LogP contribution is 2.15. The summed E-state index contributed by atoms with van der Waals surface area (Å²) in [6, 6.07) is 11.0. The van der Waals surface area contributed by atoms with Crippen molar-refractivity contribution in [2.45, 2.75) is 175 Å². The Morgan fingerprint density at radius 3 is 1.47 bits per heavy atom. The van der Waals surface area contributed by atoms with Crippen LogP contribution in [0.5, 0.6) is 0 Å². The molecule has 38 heavy (non-hydrogen) atoms. The van der Waals surface area contributed by atoms with Gasteiger partial charge in [0.2, 0.25) is 0 Å². The fourth-order valence-corrected chi connectivity index (χ4v) is 5.81. The number of hydrogen-bond acceptors (Lipinski definition) is 0. The van der Waals surface area contributed by atoms with Crippen LogP contribution in [0.25, 0.3) is 0 Å². The first-order valence-corrected chi connectivity index (χ1v) is 17.0. The lowest BCUT2D eigenvalue weighted by atomic mass is 10.0. The number of nitrogens with zero attached hydrogens (tertiary/aromatic N) is 2. The molecule has 0 spiro atoms. The molecule has 0 fully saturated rings. The molecule has 1 aromatic carbocycles. The predicted octanol–water partition coefficient (Wildman–Crippen LogP) is 11.0. The summed E-state index contributed by atoms with van der Waals surface area (Å²) in [7, 11) is 0. The molecule has 216 valence electrons. The Balaban J connectivity index is 1.61. The van der Waals surface area contributed by atoms with Gasteiger partial charge in [-0.05, 0) is 24.8 Å². The van der Waals surface area contributed by atoms with Gasteiger partial charge in [-0.1, -0.05) is 166 Å². The number of rotatable bonds is 26. The van der Waals surface area contributed by atoms with E-state index < -0.39 is 0 Å². The second-order valence-corrected chi connectivity index (χ2v) is 11.8. The molecule has 2 nitrogen and oxygen atoms in total. The lowest BCUT2D eigenvalue weighted by Crippen LogP contribution is -2.37. The summed E-state index contributed by atoms with van der Waals surface area (Å²) < 4.78 is 5.08. The first-order valence-electron chi connectivity index (χ1n) is 17.0. The molecule has 2 heteroatoms. The maximum absolute atomic E-state index is 2.57. The van der Waals surface area contributed by atoms with Crippen LogP contribution in [0.2, 0.25) is 0 Å². The number of imidazole rings is 1. The van der Waals surface area contributed by atoms with Gasteiger partial charge in [-0.15, -0.1) is 0 Å². The highest BCUT2D eigenvalue weighted by molar-refractivity contribution is 5.13. The highest BCUT2D eigenvalue weighted by Gasteiger charge is 2.17. The van der Waals surface area contributed by atoms with E-state index in [9.17, 15) is 0 Å². The molecule has 2 rings (SSSR count). The molecule has 2 aromatic rings. The maximum atomic E-state index is 2.57. The molecule has 0 N–H and O–H groups in total. The Hall–Kier alpha value is -1.57. The predicted molar refractivity (Wildman–Crippen MR) is 167 cm³/mol. The largest absolute Gasteiger partial charge is 0.256 e. The molecular formula is C36H63N2+. The van der Waals surface area contributed by atoms with Crippen LogP contribution in [-0.4, -0.2) is 4.57 Å². The van der Waals surface area contributed by atoms with E-state index in [0.717, 1.165) is 6.54 Å². The third-order valence-corrected chi connectivity index (χ3v) is 8.29. The van der Waals surface area contributed by atoms with Gasteiger partial charge < -0.3 is 0 Å². The van der Waals surface area contributed by atoms with E-state index in [1.807, 2.05) is 0 Å². The summed E-state index contributed by atoms with van der Waals surface area (Å²) in [6.45, 7) is 6.79. The van der Waals surface area contributed by atoms with Gasteiger partial charge in [0.05, 0.1) is 6.54 Å². The third kappa shape index (κ3) is 15.7. The summed E-state index contributed by atoms with van der Waals surface area (Å²) >= 11 is 0. The molecule has 0 aliphatic carbocycles. The lowest BCUT2D eigenvalue weighted by molar-refractivity contribution is -0.695. The van der Waals surface area contributed by atoms with Gasteiger partial charge >= 0.3 is 0 Å². The summed E-state index contributed by atoms with van der Waals surface area (Å²) in [4.78, 5) is 0. The van der Waals surface area contributed by atoms with Gasteiger partial charge in [-0.3, -0.25) is 0 Å². The second-order valence-electron chi connectivity index (χ2n) is 11.8. The molecule has 0 bridgehead atoms.